The molecule has 0 aliphatic carbocycles. The maximum atomic E-state index is 12.6. The highest BCUT2D eigenvalue weighted by molar-refractivity contribution is 5.77. The van der Waals surface area contributed by atoms with Crippen LogP contribution in [0.2, 0.25) is 0 Å². The fourth-order valence-corrected chi connectivity index (χ4v) is 11.9. The number of ether oxygens (including phenoxy) is 10. The first-order valence-electron chi connectivity index (χ1n) is 37.5. The van der Waals surface area contributed by atoms with Crippen LogP contribution in [0.1, 0.15) is 175 Å². The molecule has 0 aromatic heterocycles. The maximum Gasteiger partial charge on any atom is 0.407 e. The molecule has 15 atom stereocenters. The Bertz CT molecular complexity index is 2400. The van der Waals surface area contributed by atoms with Crippen molar-refractivity contribution < 1.29 is 136 Å². The second kappa shape index (κ2) is 55.4. The lowest BCUT2D eigenvalue weighted by Crippen LogP contribution is -2.64. The average Bonchev–Trinajstić information content (AvgIpc) is 0.820. The van der Waals surface area contributed by atoms with Crippen LogP contribution in [0.15, 0.2) is 0 Å². The summed E-state index contributed by atoms with van der Waals surface area (Å²) in [5, 5.41) is 115. The molecule has 0 spiro atoms. The van der Waals surface area contributed by atoms with Gasteiger partial charge in [0, 0.05) is 92.3 Å². The number of carbonyl (C=O) groups excluding carboxylic acids is 9. The summed E-state index contributed by atoms with van der Waals surface area (Å²) >= 11 is 0. The lowest BCUT2D eigenvalue weighted by molar-refractivity contribution is -0.270. The van der Waals surface area contributed by atoms with Gasteiger partial charge in [0.2, 0.25) is 35.4 Å². The second-order valence-electron chi connectivity index (χ2n) is 27.1. The molecular formula is C69H125N9O28. The molecule has 9 amide bonds. The smallest absolute Gasteiger partial charge is 0.407 e. The predicted octanol–water partition coefficient (Wildman–Crippen LogP) is -1.61. The Balaban J connectivity index is 1.29. The van der Waals surface area contributed by atoms with Crippen molar-refractivity contribution in [3.63, 3.8) is 0 Å². The van der Waals surface area contributed by atoms with Crippen LogP contribution < -0.4 is 47.9 Å². The molecule has 15 unspecified atom stereocenters. The molecule has 0 bridgehead atoms. The number of carbonyl (C=O) groups is 9. The minimum absolute atomic E-state index is 0.0547. The third kappa shape index (κ3) is 39.9. The fraction of sp³-hybridized carbons (Fsp3) is 0.870. The van der Waals surface area contributed by atoms with Crippen molar-refractivity contribution in [1.82, 2.24) is 47.9 Å². The molecule has 0 saturated carbocycles. The van der Waals surface area contributed by atoms with Crippen LogP contribution in [-0.2, 0) is 76.1 Å². The zero-order chi connectivity index (χ0) is 78.1. The summed E-state index contributed by atoms with van der Waals surface area (Å²) in [6.07, 6.45) is -3.86. The lowest BCUT2D eigenvalue weighted by atomic mass is 9.82. The Morgan fingerprint density at radius 1 is 0.340 bits per heavy atom. The van der Waals surface area contributed by atoms with Gasteiger partial charge in [0.25, 0.3) is 0 Å². The van der Waals surface area contributed by atoms with Crippen molar-refractivity contribution in [1.29, 1.82) is 0 Å². The van der Waals surface area contributed by atoms with E-state index in [9.17, 15) is 89.1 Å². The molecule has 37 nitrogen and oxygen atoms in total. The van der Waals surface area contributed by atoms with Crippen LogP contribution >= 0.6 is 0 Å². The van der Waals surface area contributed by atoms with Crippen molar-refractivity contribution in [3.8, 4) is 0 Å². The monoisotopic (exact) mass is 1530 g/mol. The minimum Gasteiger partial charge on any atom is -0.450 e. The van der Waals surface area contributed by atoms with Gasteiger partial charge in [-0.15, -0.1) is 0 Å². The Morgan fingerprint density at radius 3 is 0.887 bits per heavy atom. The van der Waals surface area contributed by atoms with Gasteiger partial charge in [-0.25, -0.2) is 14.4 Å². The molecule has 3 fully saturated rings. The molecule has 106 heavy (non-hydrogen) atoms. The van der Waals surface area contributed by atoms with Crippen molar-refractivity contribution >= 4 is 53.7 Å². The highest BCUT2D eigenvalue weighted by Gasteiger charge is 2.48. The van der Waals surface area contributed by atoms with E-state index in [2.05, 4.69) is 47.9 Å². The van der Waals surface area contributed by atoms with E-state index in [-0.39, 0.29) is 76.6 Å². The summed E-state index contributed by atoms with van der Waals surface area (Å²) in [5.74, 6) is -1.98. The van der Waals surface area contributed by atoms with Crippen LogP contribution in [0.3, 0.4) is 0 Å². The molecule has 3 aliphatic rings. The summed E-state index contributed by atoms with van der Waals surface area (Å²) in [5.41, 5.74) is -0.405. The van der Waals surface area contributed by atoms with Crippen LogP contribution in [0.25, 0.3) is 0 Å². The molecule has 0 aromatic rings. The van der Waals surface area contributed by atoms with Crippen molar-refractivity contribution in [2.24, 2.45) is 5.41 Å². The zero-order valence-corrected chi connectivity index (χ0v) is 62.2. The third-order valence-corrected chi connectivity index (χ3v) is 17.8. The topological polar surface area (TPSA) is 536 Å². The normalized spacial score (nSPS) is 24.8. The Labute approximate surface area is 620 Å². The number of nitrogens with one attached hydrogen (secondary N) is 9. The van der Waals surface area contributed by atoms with Gasteiger partial charge in [-0.1, -0.05) is 45.4 Å². The lowest BCUT2D eigenvalue weighted by Gasteiger charge is -2.42. The number of rotatable bonds is 56. The van der Waals surface area contributed by atoms with Crippen LogP contribution in [0.4, 0.5) is 14.4 Å². The molecule has 3 rings (SSSR count). The van der Waals surface area contributed by atoms with Gasteiger partial charge in [-0.05, 0) is 88.9 Å². The van der Waals surface area contributed by atoms with Crippen LogP contribution in [0.5, 0.6) is 0 Å². The Kier molecular flexibility index (Phi) is 49.2. The predicted molar refractivity (Wildman–Crippen MR) is 376 cm³/mol. The van der Waals surface area contributed by atoms with Gasteiger partial charge in [0.15, 0.2) is 18.9 Å². The van der Waals surface area contributed by atoms with E-state index in [1.807, 2.05) is 6.92 Å². The quantitative estimate of drug-likeness (QED) is 0.0241. The number of aliphatic hydroxyl groups is 9. The molecule has 3 saturated heterocycles. The fourth-order valence-electron chi connectivity index (χ4n) is 11.9. The van der Waals surface area contributed by atoms with E-state index >= 15 is 0 Å². The number of amides is 9. The van der Waals surface area contributed by atoms with Crippen LogP contribution in [0, 0.1) is 5.41 Å². The molecule has 0 radical (unpaired) electrons. The Hall–Kier alpha value is -6.01. The first-order valence-corrected chi connectivity index (χ1v) is 37.5. The van der Waals surface area contributed by atoms with E-state index in [1.54, 1.807) is 0 Å². The second-order valence-corrected chi connectivity index (χ2v) is 27.1. The maximum absolute atomic E-state index is 12.6. The summed E-state index contributed by atoms with van der Waals surface area (Å²) in [7, 11) is 0. The summed E-state index contributed by atoms with van der Waals surface area (Å²) in [6, 6.07) is -3.21. The molecular weight excluding hydrogens is 1400 g/mol. The third-order valence-electron chi connectivity index (χ3n) is 17.8. The molecule has 614 valence electrons. The number of hydrogen-bond acceptors (Lipinski definition) is 28. The number of hydrogen-bond donors (Lipinski definition) is 18. The molecule has 3 heterocycles. The number of aliphatic hydroxyl groups excluding tert-OH is 9. The van der Waals surface area contributed by atoms with Gasteiger partial charge in [-0.2, -0.15) is 0 Å². The van der Waals surface area contributed by atoms with E-state index in [0.29, 0.717) is 123 Å². The summed E-state index contributed by atoms with van der Waals surface area (Å²) in [4.78, 5) is 110. The molecule has 0 aromatic carbocycles. The number of unbranched alkanes of at least 4 members (excludes halogenated alkanes) is 9. The minimum atomic E-state index is -1.43. The van der Waals surface area contributed by atoms with Gasteiger partial charge < -0.3 is 141 Å². The molecule has 37 heteroatoms. The first kappa shape index (κ1) is 94.2. The SMILES string of the molecule is CC(=O)NC1C(OCCCC(=O)NCCCCCCNC(=O)OCCCOCC(C)(CCCOC(=O)NCCCCCCNC(=O)CCCOC2OC(CO)C(O)C(O)C2NC(C)=O)CCCOC(=O)NCCCCCCNC(=O)CCCOC2OC(CO)C(O)C(O)C2NC(C)=O)OC(CO)C(O)C1O. The zero-order valence-electron chi connectivity index (χ0n) is 62.2. The van der Waals surface area contributed by atoms with E-state index in [4.69, 9.17) is 47.4 Å². The molecule has 3 aliphatic heterocycles. The van der Waals surface area contributed by atoms with E-state index in [0.717, 1.165) is 57.8 Å². The Morgan fingerprint density at radius 2 is 0.613 bits per heavy atom. The largest absolute Gasteiger partial charge is 0.450 e. The number of alkyl carbamates (subject to hydrolysis) is 3. The highest BCUT2D eigenvalue weighted by atomic mass is 16.7. The average molecular weight is 1530 g/mol. The van der Waals surface area contributed by atoms with Gasteiger partial charge in [0.1, 0.15) is 73.1 Å². The van der Waals surface area contributed by atoms with Gasteiger partial charge in [-0.3, -0.25) is 28.8 Å². The summed E-state index contributed by atoms with van der Waals surface area (Å²) < 4.78 is 56.0. The van der Waals surface area contributed by atoms with Crippen molar-refractivity contribution in [2.45, 2.75) is 267 Å². The van der Waals surface area contributed by atoms with Gasteiger partial charge in [0.05, 0.1) is 66.1 Å². The highest BCUT2D eigenvalue weighted by Crippen LogP contribution is 2.31. The van der Waals surface area contributed by atoms with Crippen molar-refractivity contribution in [2.75, 3.05) is 112 Å². The van der Waals surface area contributed by atoms with E-state index < -0.39 is 153 Å². The summed E-state index contributed by atoms with van der Waals surface area (Å²) in [6.45, 7) is 7.82. The van der Waals surface area contributed by atoms with Crippen LogP contribution in [-0.4, -0.2) is 304 Å². The first-order chi connectivity index (χ1) is 50.8. The molecule has 18 N–H and O–H groups in total. The van der Waals surface area contributed by atoms with E-state index in [1.165, 1.54) is 20.8 Å². The van der Waals surface area contributed by atoms with Crippen molar-refractivity contribution in [3.05, 3.63) is 0 Å². The standard InChI is InChI=1S/C69H125N9O28/c1-45(82)76-54-60(91)57(88)48(41-79)104-63(54)98-35-17-23-51(85)70-28-11-5-8-14-31-73-66(94)101-38-20-26-69(4,27-21-39-102-67(95)74-32-15-9-6-12-29-71-52(86)24-18-36-99-64-55(77-46(2)83)61(92)58(89)49(42-80)105-64)44-97-34-22-40-103-68(96)75-33-16-10-7-13-30-72-53(87)25-19-37-100-65-56(78-47(3)84)62(93)59(90)50(43-81)106-65/h48-50,54-65,79-81,88-93H,5-44H2,1-4H3,(H,70,85)(H,71,86)(H,72,87)(H,73,94)(H,74,95)(H,75,96)(H,76,82)(H,77,83)(H,78,84). The van der Waals surface area contributed by atoms with Gasteiger partial charge >= 0.3 is 18.3 Å².